The van der Waals surface area contributed by atoms with Gasteiger partial charge >= 0.3 is 0 Å². The van der Waals surface area contributed by atoms with Crippen molar-refractivity contribution in [3.05, 3.63) is 11.9 Å². The van der Waals surface area contributed by atoms with Gasteiger partial charge < -0.3 is 15.8 Å². The number of hydrogen-bond acceptors (Lipinski definition) is 4. The van der Waals surface area contributed by atoms with Gasteiger partial charge in [0.25, 0.3) is 5.91 Å². The van der Waals surface area contributed by atoms with Gasteiger partial charge in [0, 0.05) is 26.4 Å². The lowest BCUT2D eigenvalue weighted by Crippen LogP contribution is -2.28. The molecule has 16 heavy (non-hydrogen) atoms. The number of amides is 1. The number of carbonyl (C=O) groups is 1. The second kappa shape index (κ2) is 6.12. The van der Waals surface area contributed by atoms with Crippen molar-refractivity contribution < 1.29 is 9.53 Å². The molecule has 1 heterocycles. The molecule has 90 valence electrons. The molecule has 0 saturated heterocycles. The summed E-state index contributed by atoms with van der Waals surface area (Å²) in [5.74, 6) is -0.260. The Morgan fingerprint density at radius 2 is 2.44 bits per heavy atom. The number of carbonyl (C=O) groups excluding carboxylic acids is 1. The average molecular weight is 226 g/mol. The first-order valence-corrected chi connectivity index (χ1v) is 5.29. The molecule has 0 atom stereocenters. The van der Waals surface area contributed by atoms with Gasteiger partial charge in [-0.2, -0.15) is 5.10 Å². The Labute approximate surface area is 94.8 Å². The number of anilines is 1. The fourth-order valence-corrected chi connectivity index (χ4v) is 1.31. The number of ether oxygens (including phenoxy) is 1. The van der Waals surface area contributed by atoms with E-state index in [1.54, 1.807) is 18.0 Å². The van der Waals surface area contributed by atoms with Crippen LogP contribution in [-0.2, 0) is 11.3 Å². The van der Waals surface area contributed by atoms with Crippen molar-refractivity contribution >= 4 is 11.6 Å². The summed E-state index contributed by atoms with van der Waals surface area (Å²) in [7, 11) is 1.58. The molecule has 0 bridgehead atoms. The molecule has 0 aliphatic carbocycles. The number of nitrogens with zero attached hydrogens (tertiary/aromatic N) is 2. The summed E-state index contributed by atoms with van der Waals surface area (Å²) < 4.78 is 6.51. The van der Waals surface area contributed by atoms with Gasteiger partial charge in [0.2, 0.25) is 0 Å². The van der Waals surface area contributed by atoms with Crippen molar-refractivity contribution in [2.75, 3.05) is 26.0 Å². The Bertz CT molecular complexity index is 349. The number of nitrogens with one attached hydrogen (secondary N) is 1. The largest absolute Gasteiger partial charge is 0.396 e. The Morgan fingerprint density at radius 3 is 3.06 bits per heavy atom. The first-order valence-electron chi connectivity index (χ1n) is 5.29. The number of aromatic nitrogens is 2. The lowest BCUT2D eigenvalue weighted by atomic mass is 10.3. The summed E-state index contributed by atoms with van der Waals surface area (Å²) >= 11 is 0. The highest BCUT2D eigenvalue weighted by Crippen LogP contribution is 2.08. The van der Waals surface area contributed by atoms with Crippen LogP contribution < -0.4 is 11.1 Å². The molecular weight excluding hydrogens is 208 g/mol. The zero-order valence-electron chi connectivity index (χ0n) is 9.69. The molecule has 1 rings (SSSR count). The molecule has 1 aromatic rings. The summed E-state index contributed by atoms with van der Waals surface area (Å²) in [6.45, 7) is 3.72. The van der Waals surface area contributed by atoms with Crippen molar-refractivity contribution in [2.24, 2.45) is 0 Å². The van der Waals surface area contributed by atoms with Gasteiger partial charge in [-0.15, -0.1) is 0 Å². The minimum Gasteiger partial charge on any atom is -0.396 e. The fourth-order valence-electron chi connectivity index (χ4n) is 1.31. The van der Waals surface area contributed by atoms with Crippen LogP contribution in [0.25, 0.3) is 0 Å². The van der Waals surface area contributed by atoms with E-state index in [-0.39, 0.29) is 11.6 Å². The van der Waals surface area contributed by atoms with Crippen LogP contribution in [0.3, 0.4) is 0 Å². The third-order valence-corrected chi connectivity index (χ3v) is 2.05. The molecule has 0 unspecified atom stereocenters. The first-order chi connectivity index (χ1) is 7.69. The van der Waals surface area contributed by atoms with Crippen LogP contribution in [0.2, 0.25) is 0 Å². The molecular formula is C10H18N4O2. The zero-order valence-corrected chi connectivity index (χ0v) is 9.69. The lowest BCUT2D eigenvalue weighted by Gasteiger charge is -2.02. The summed E-state index contributed by atoms with van der Waals surface area (Å²) in [6, 6.07) is 0. The van der Waals surface area contributed by atoms with Gasteiger partial charge in [-0.1, -0.05) is 6.92 Å². The van der Waals surface area contributed by atoms with E-state index in [4.69, 9.17) is 10.5 Å². The number of nitrogen functional groups attached to an aromatic ring is 1. The predicted octanol–water partition coefficient (Wildman–Crippen LogP) is 0.251. The first kappa shape index (κ1) is 12.5. The topological polar surface area (TPSA) is 82.2 Å². The predicted molar refractivity (Wildman–Crippen MR) is 61.1 cm³/mol. The minimum absolute atomic E-state index is 0.260. The molecule has 0 radical (unpaired) electrons. The minimum atomic E-state index is -0.260. The van der Waals surface area contributed by atoms with Crippen LogP contribution in [0, 0.1) is 0 Å². The van der Waals surface area contributed by atoms with E-state index in [0.29, 0.717) is 18.8 Å². The third-order valence-electron chi connectivity index (χ3n) is 2.05. The number of methoxy groups -OCH3 is 1. The maximum atomic E-state index is 11.6. The second-order valence-corrected chi connectivity index (χ2v) is 3.44. The van der Waals surface area contributed by atoms with E-state index in [9.17, 15) is 4.79 Å². The molecule has 1 amide bonds. The Morgan fingerprint density at radius 1 is 1.69 bits per heavy atom. The summed E-state index contributed by atoms with van der Waals surface area (Å²) in [5, 5.41) is 6.79. The Balaban J connectivity index is 2.60. The SMILES string of the molecule is CCCn1cc(N)c(C(=O)NCCOC)n1. The van der Waals surface area contributed by atoms with Crippen LogP contribution >= 0.6 is 0 Å². The highest BCUT2D eigenvalue weighted by Gasteiger charge is 2.13. The van der Waals surface area contributed by atoms with Crippen molar-refractivity contribution in [3.8, 4) is 0 Å². The quantitative estimate of drug-likeness (QED) is 0.681. The highest BCUT2D eigenvalue weighted by molar-refractivity contribution is 5.96. The lowest BCUT2D eigenvalue weighted by molar-refractivity contribution is 0.0932. The van der Waals surface area contributed by atoms with Crippen LogP contribution in [0.5, 0.6) is 0 Å². The van der Waals surface area contributed by atoms with E-state index in [2.05, 4.69) is 10.4 Å². The number of rotatable bonds is 6. The van der Waals surface area contributed by atoms with Gasteiger partial charge in [0.15, 0.2) is 5.69 Å². The third kappa shape index (κ3) is 3.23. The molecule has 0 spiro atoms. The van der Waals surface area contributed by atoms with Crippen LogP contribution in [0.15, 0.2) is 6.20 Å². The molecule has 0 aromatic carbocycles. The second-order valence-electron chi connectivity index (χ2n) is 3.44. The van der Waals surface area contributed by atoms with Crippen molar-refractivity contribution in [3.63, 3.8) is 0 Å². The summed E-state index contributed by atoms with van der Waals surface area (Å²) in [4.78, 5) is 11.6. The Kier molecular flexibility index (Phi) is 4.78. The summed E-state index contributed by atoms with van der Waals surface area (Å²) in [6.07, 6.45) is 2.63. The molecule has 3 N–H and O–H groups in total. The highest BCUT2D eigenvalue weighted by atomic mass is 16.5. The standard InChI is InChI=1S/C10H18N4O2/c1-3-5-14-7-8(11)9(13-14)10(15)12-4-6-16-2/h7H,3-6,11H2,1-2H3,(H,12,15). The fraction of sp³-hybridized carbons (Fsp3) is 0.600. The molecule has 0 aliphatic rings. The van der Waals surface area contributed by atoms with E-state index in [1.807, 2.05) is 6.92 Å². The molecule has 6 heteroatoms. The van der Waals surface area contributed by atoms with Gasteiger partial charge in [0.1, 0.15) is 0 Å². The van der Waals surface area contributed by atoms with E-state index < -0.39 is 0 Å². The van der Waals surface area contributed by atoms with Crippen LogP contribution in [-0.4, -0.2) is 35.9 Å². The zero-order chi connectivity index (χ0) is 12.0. The maximum Gasteiger partial charge on any atom is 0.274 e. The summed E-state index contributed by atoms with van der Waals surface area (Å²) in [5.41, 5.74) is 6.39. The van der Waals surface area contributed by atoms with Gasteiger partial charge in [0.05, 0.1) is 12.3 Å². The molecule has 1 aromatic heterocycles. The van der Waals surface area contributed by atoms with E-state index in [1.165, 1.54) is 0 Å². The number of aryl methyl sites for hydroxylation is 1. The van der Waals surface area contributed by atoms with Gasteiger partial charge in [-0.05, 0) is 6.42 Å². The number of hydrogen-bond donors (Lipinski definition) is 2. The van der Waals surface area contributed by atoms with Gasteiger partial charge in [-0.3, -0.25) is 9.48 Å². The smallest absolute Gasteiger partial charge is 0.274 e. The maximum absolute atomic E-state index is 11.6. The molecule has 6 nitrogen and oxygen atoms in total. The normalized spacial score (nSPS) is 10.4. The number of nitrogens with two attached hydrogens (primary N) is 1. The Hall–Kier alpha value is -1.56. The van der Waals surface area contributed by atoms with Crippen molar-refractivity contribution in [1.82, 2.24) is 15.1 Å². The van der Waals surface area contributed by atoms with E-state index >= 15 is 0 Å². The van der Waals surface area contributed by atoms with E-state index in [0.717, 1.165) is 13.0 Å². The molecule has 0 saturated carbocycles. The van der Waals surface area contributed by atoms with Crippen molar-refractivity contribution in [2.45, 2.75) is 19.9 Å². The molecule has 0 aliphatic heterocycles. The molecule has 0 fully saturated rings. The monoisotopic (exact) mass is 226 g/mol. The van der Waals surface area contributed by atoms with Gasteiger partial charge in [-0.25, -0.2) is 0 Å². The van der Waals surface area contributed by atoms with Crippen LogP contribution in [0.1, 0.15) is 23.8 Å². The van der Waals surface area contributed by atoms with Crippen LogP contribution in [0.4, 0.5) is 5.69 Å². The van der Waals surface area contributed by atoms with Crippen molar-refractivity contribution in [1.29, 1.82) is 0 Å². The average Bonchev–Trinajstić information content (AvgIpc) is 2.60.